The summed E-state index contributed by atoms with van der Waals surface area (Å²) in [5.41, 5.74) is -0.0420. The molecular weight excluding hydrogens is 166 g/mol. The minimum Gasteiger partial charge on any atom is -0.379 e. The van der Waals surface area contributed by atoms with Gasteiger partial charge in [0.15, 0.2) is 0 Å². The first-order valence-corrected chi connectivity index (χ1v) is 5.15. The average molecular weight is 183 g/mol. The molecule has 74 valence electrons. The maximum atomic E-state index is 11.6. The van der Waals surface area contributed by atoms with E-state index in [-0.39, 0.29) is 11.4 Å². The van der Waals surface area contributed by atoms with Gasteiger partial charge >= 0.3 is 0 Å². The van der Waals surface area contributed by atoms with Crippen molar-refractivity contribution in [2.45, 2.75) is 38.1 Å². The topological polar surface area (TPSA) is 38.3 Å². The molecule has 2 fully saturated rings. The van der Waals surface area contributed by atoms with Crippen LogP contribution < -0.4 is 5.32 Å². The molecule has 1 aliphatic carbocycles. The highest BCUT2D eigenvalue weighted by atomic mass is 16.5. The number of carbonyl (C=O) groups excluding carboxylic acids is 1. The average Bonchev–Trinajstić information content (AvgIpc) is 2.89. The van der Waals surface area contributed by atoms with Crippen molar-refractivity contribution >= 4 is 5.91 Å². The molecule has 13 heavy (non-hydrogen) atoms. The molecule has 0 aromatic rings. The zero-order chi connectivity index (χ0) is 9.31. The van der Waals surface area contributed by atoms with Gasteiger partial charge in [0.1, 0.15) is 0 Å². The van der Waals surface area contributed by atoms with E-state index in [9.17, 15) is 4.79 Å². The Labute approximate surface area is 78.8 Å². The summed E-state index contributed by atoms with van der Waals surface area (Å²) in [7, 11) is 0. The van der Waals surface area contributed by atoms with Crippen LogP contribution in [0.15, 0.2) is 0 Å². The molecule has 1 saturated heterocycles. The van der Waals surface area contributed by atoms with Gasteiger partial charge in [0.05, 0.1) is 12.1 Å². The summed E-state index contributed by atoms with van der Waals surface area (Å²) in [6.45, 7) is 3.60. The first-order chi connectivity index (χ1) is 6.26. The zero-order valence-corrected chi connectivity index (χ0v) is 8.14. The summed E-state index contributed by atoms with van der Waals surface area (Å²) in [5.74, 6) is 0.552. The standard InChI is InChI=1S/C10H17NO2/c1-2-10(5-6-13-7-10)11-9(12)8-3-4-8/h8H,2-7H2,1H3,(H,11,12). The van der Waals surface area contributed by atoms with Crippen molar-refractivity contribution in [3.8, 4) is 0 Å². The smallest absolute Gasteiger partial charge is 0.223 e. The van der Waals surface area contributed by atoms with E-state index < -0.39 is 0 Å². The van der Waals surface area contributed by atoms with E-state index in [1.807, 2.05) is 0 Å². The van der Waals surface area contributed by atoms with E-state index in [2.05, 4.69) is 12.2 Å². The summed E-state index contributed by atoms with van der Waals surface area (Å²) >= 11 is 0. The second-order valence-corrected chi connectivity index (χ2v) is 4.20. The maximum Gasteiger partial charge on any atom is 0.223 e. The SMILES string of the molecule is CCC1(NC(=O)C2CC2)CCOC1. The third kappa shape index (κ3) is 1.85. The van der Waals surface area contributed by atoms with Crippen LogP contribution in [0.1, 0.15) is 32.6 Å². The molecule has 1 unspecified atom stereocenters. The molecular formula is C10H17NO2. The van der Waals surface area contributed by atoms with Crippen LogP contribution in [-0.4, -0.2) is 24.7 Å². The number of ether oxygens (including phenoxy) is 1. The van der Waals surface area contributed by atoms with Gasteiger partial charge < -0.3 is 10.1 Å². The van der Waals surface area contributed by atoms with Crippen molar-refractivity contribution in [1.29, 1.82) is 0 Å². The summed E-state index contributed by atoms with van der Waals surface area (Å²) in [5, 5.41) is 3.14. The normalized spacial score (nSPS) is 33.3. The lowest BCUT2D eigenvalue weighted by Crippen LogP contribution is -2.49. The largest absolute Gasteiger partial charge is 0.379 e. The van der Waals surface area contributed by atoms with Gasteiger partial charge in [-0.25, -0.2) is 0 Å². The van der Waals surface area contributed by atoms with Crippen molar-refractivity contribution in [2.75, 3.05) is 13.2 Å². The molecule has 1 aliphatic heterocycles. The molecule has 1 atom stereocenters. The quantitative estimate of drug-likeness (QED) is 0.711. The fourth-order valence-corrected chi connectivity index (χ4v) is 1.78. The number of rotatable bonds is 3. The molecule has 3 heteroatoms. The van der Waals surface area contributed by atoms with E-state index in [0.29, 0.717) is 12.5 Å². The third-order valence-electron chi connectivity index (χ3n) is 3.12. The van der Waals surface area contributed by atoms with Gasteiger partial charge in [0, 0.05) is 12.5 Å². The second kappa shape index (κ2) is 3.29. The molecule has 0 aromatic heterocycles. The van der Waals surface area contributed by atoms with Crippen LogP contribution in [-0.2, 0) is 9.53 Å². The molecule has 3 nitrogen and oxygen atoms in total. The number of nitrogens with one attached hydrogen (secondary N) is 1. The zero-order valence-electron chi connectivity index (χ0n) is 8.14. The number of hydrogen-bond donors (Lipinski definition) is 1. The molecule has 0 aromatic carbocycles. The van der Waals surface area contributed by atoms with Crippen LogP contribution in [0.25, 0.3) is 0 Å². The minimum absolute atomic E-state index is 0.0420. The van der Waals surface area contributed by atoms with Crippen molar-refractivity contribution in [1.82, 2.24) is 5.32 Å². The van der Waals surface area contributed by atoms with Crippen LogP contribution in [0.2, 0.25) is 0 Å². The monoisotopic (exact) mass is 183 g/mol. The Morgan fingerprint density at radius 2 is 2.38 bits per heavy atom. The van der Waals surface area contributed by atoms with Crippen molar-refractivity contribution in [3.63, 3.8) is 0 Å². The highest BCUT2D eigenvalue weighted by molar-refractivity contribution is 5.81. The number of amides is 1. The summed E-state index contributed by atoms with van der Waals surface area (Å²) in [4.78, 5) is 11.6. The number of carbonyl (C=O) groups is 1. The molecule has 1 N–H and O–H groups in total. The van der Waals surface area contributed by atoms with Crippen LogP contribution in [0.3, 0.4) is 0 Å². The van der Waals surface area contributed by atoms with Gasteiger partial charge in [-0.3, -0.25) is 4.79 Å². The van der Waals surface area contributed by atoms with Crippen molar-refractivity contribution in [2.24, 2.45) is 5.92 Å². The van der Waals surface area contributed by atoms with Gasteiger partial charge in [-0.2, -0.15) is 0 Å². The first-order valence-electron chi connectivity index (χ1n) is 5.15. The molecule has 0 spiro atoms. The second-order valence-electron chi connectivity index (χ2n) is 4.20. The van der Waals surface area contributed by atoms with E-state index in [4.69, 9.17) is 4.74 Å². The summed E-state index contributed by atoms with van der Waals surface area (Å²) < 4.78 is 5.34. The molecule has 1 heterocycles. The van der Waals surface area contributed by atoms with E-state index in [0.717, 1.165) is 32.3 Å². The van der Waals surface area contributed by atoms with Crippen LogP contribution in [0, 0.1) is 5.92 Å². The van der Waals surface area contributed by atoms with Gasteiger partial charge in [0.25, 0.3) is 0 Å². The fourth-order valence-electron chi connectivity index (χ4n) is 1.78. The summed E-state index contributed by atoms with van der Waals surface area (Å²) in [6.07, 6.45) is 4.10. The Kier molecular flexibility index (Phi) is 2.28. The highest BCUT2D eigenvalue weighted by Crippen LogP contribution is 2.31. The van der Waals surface area contributed by atoms with Gasteiger partial charge in [-0.1, -0.05) is 6.92 Å². The molecule has 0 radical (unpaired) electrons. The fraction of sp³-hybridized carbons (Fsp3) is 0.900. The predicted molar refractivity (Wildman–Crippen MR) is 49.3 cm³/mol. The predicted octanol–water partition coefficient (Wildman–Crippen LogP) is 1.08. The Morgan fingerprint density at radius 1 is 1.62 bits per heavy atom. The van der Waals surface area contributed by atoms with E-state index >= 15 is 0 Å². The van der Waals surface area contributed by atoms with Crippen LogP contribution >= 0.6 is 0 Å². The molecule has 2 aliphatic rings. The molecule has 1 saturated carbocycles. The molecule has 1 amide bonds. The number of hydrogen-bond acceptors (Lipinski definition) is 2. The highest BCUT2D eigenvalue weighted by Gasteiger charge is 2.38. The lowest BCUT2D eigenvalue weighted by molar-refractivity contribution is -0.124. The maximum absolute atomic E-state index is 11.6. The molecule has 0 bridgehead atoms. The first kappa shape index (κ1) is 9.00. The minimum atomic E-state index is -0.0420. The van der Waals surface area contributed by atoms with Crippen molar-refractivity contribution < 1.29 is 9.53 Å². The lowest BCUT2D eigenvalue weighted by atomic mass is 9.95. The van der Waals surface area contributed by atoms with Crippen molar-refractivity contribution in [3.05, 3.63) is 0 Å². The van der Waals surface area contributed by atoms with Gasteiger partial charge in [0.2, 0.25) is 5.91 Å². The van der Waals surface area contributed by atoms with E-state index in [1.54, 1.807) is 0 Å². The third-order valence-corrected chi connectivity index (χ3v) is 3.12. The van der Waals surface area contributed by atoms with Gasteiger partial charge in [-0.05, 0) is 25.7 Å². The molecule has 2 rings (SSSR count). The summed E-state index contributed by atoms with van der Waals surface area (Å²) in [6, 6.07) is 0. The Hall–Kier alpha value is -0.570. The van der Waals surface area contributed by atoms with Crippen LogP contribution in [0.5, 0.6) is 0 Å². The Bertz CT molecular complexity index is 205. The lowest BCUT2D eigenvalue weighted by Gasteiger charge is -2.27. The Balaban J connectivity index is 1.92. The van der Waals surface area contributed by atoms with E-state index in [1.165, 1.54) is 0 Å². The Morgan fingerprint density at radius 3 is 2.85 bits per heavy atom. The van der Waals surface area contributed by atoms with Crippen LogP contribution in [0.4, 0.5) is 0 Å². The van der Waals surface area contributed by atoms with Gasteiger partial charge in [-0.15, -0.1) is 0 Å².